The Morgan fingerprint density at radius 2 is 0.967 bits per heavy atom. The number of likely N-dealkylation sites (N-methyl/N-ethyl adjacent to an activating group) is 7. The van der Waals surface area contributed by atoms with Crippen LogP contribution < -0.4 is 21.3 Å². The van der Waals surface area contributed by atoms with Gasteiger partial charge < -0.3 is 70.7 Å². The van der Waals surface area contributed by atoms with Crippen molar-refractivity contribution in [3.63, 3.8) is 0 Å². The molecule has 6 N–H and O–H groups in total. The molecule has 0 aliphatic carbocycles. The van der Waals surface area contributed by atoms with Gasteiger partial charge in [-0.2, -0.15) is 0 Å². The van der Waals surface area contributed by atoms with E-state index in [0.29, 0.717) is 12.3 Å². The SMILES string of the molecule is CC=CC[C@@H](C)[C@@H](O)[C@H]1C(=O)N[C@@H](CC)C(=O)N(C)[C@H](SCCN(C)C)C(=O)N(C)[C@@H](CC(C)(C)O)C(=O)N[C@@H](C(C)C)C(=O)N(C)[C@@H](CC(C)C)C(=O)N[C@@H](C)C(=O)N[C@H](C)C(=O)N(C)[C@@H](CC(C)C)C(=O)N(C)[C@@H](CC(C)C)C(=O)N(C)[C@@H](C(C)C)C(=O)N1C. The molecule has 92 heavy (non-hydrogen) atoms. The monoisotopic (exact) mass is 1320 g/mol. The number of hydrogen-bond acceptors (Lipinski definition) is 15. The lowest BCUT2D eigenvalue weighted by molar-refractivity contribution is -0.157. The average Bonchev–Trinajstić information content (AvgIpc) is 0.830. The maximum atomic E-state index is 15.3. The van der Waals surface area contributed by atoms with Gasteiger partial charge in [-0.15, -0.1) is 11.8 Å². The lowest BCUT2D eigenvalue weighted by atomic mass is 9.91. The third kappa shape index (κ3) is 24.2. The second kappa shape index (κ2) is 37.9. The van der Waals surface area contributed by atoms with Crippen LogP contribution in [-0.2, 0) is 52.7 Å². The van der Waals surface area contributed by atoms with Crippen molar-refractivity contribution in [1.82, 2.24) is 60.5 Å². The zero-order valence-corrected chi connectivity index (χ0v) is 61.4. The third-order valence-electron chi connectivity index (χ3n) is 17.0. The number of nitrogens with one attached hydrogen (secondary N) is 4. The number of amides is 11. The predicted molar refractivity (Wildman–Crippen MR) is 360 cm³/mol. The van der Waals surface area contributed by atoms with E-state index >= 15 is 28.8 Å². The topological polar surface area (TPSA) is 302 Å². The van der Waals surface area contributed by atoms with Crippen LogP contribution in [0.3, 0.4) is 0 Å². The standard InChI is InChI=1S/C66H120N12O13S/c1-27-29-30-42(13)53(79)52-57(83)69-45(28-2)59(85)78(26)65(92-32-31-71(18)19)64(90)75(23)49(36-66(16,17)91)56(82)70-50(40(9)10)62(88)72(20)46(33-37(3)4)55(81)67-43(14)54(80)68-44(15)58(84)73(21)47(34-38(5)6)60(86)74(22)48(35-39(7)8)61(87)76(24)51(41(11)12)63(89)77(52)25/h27,29,37-53,65,79,91H,28,30-36H2,1-26H3,(H,67,81)(H,68,80)(H,69,83)(H,70,82)/t42-,43+,44-,45+,46+,47+,48+,49+,50+,51+,52+,53-,65-/m1/s1. The maximum absolute atomic E-state index is 15.3. The number of carbonyl (C=O) groups is 11. The molecule has 1 saturated heterocycles. The number of thioether (sulfide) groups is 1. The largest absolute Gasteiger partial charge is 0.390 e. The Morgan fingerprint density at radius 3 is 1.42 bits per heavy atom. The molecule has 25 nitrogen and oxygen atoms in total. The highest BCUT2D eigenvalue weighted by molar-refractivity contribution is 8.00. The molecule has 1 aliphatic heterocycles. The smallest absolute Gasteiger partial charge is 0.256 e. The summed E-state index contributed by atoms with van der Waals surface area (Å²) in [5, 5.41) is 33.2. The maximum Gasteiger partial charge on any atom is 0.256 e. The molecule has 11 amide bonds. The summed E-state index contributed by atoms with van der Waals surface area (Å²) >= 11 is 1.09. The van der Waals surface area contributed by atoms with E-state index in [1.807, 2.05) is 60.5 Å². The van der Waals surface area contributed by atoms with Crippen LogP contribution in [0.5, 0.6) is 0 Å². The molecule has 1 fully saturated rings. The Labute approximate surface area is 555 Å². The van der Waals surface area contributed by atoms with E-state index in [-0.39, 0.29) is 56.3 Å². The molecule has 0 aromatic carbocycles. The van der Waals surface area contributed by atoms with Crippen LogP contribution in [0, 0.1) is 35.5 Å². The van der Waals surface area contributed by atoms with Crippen molar-refractivity contribution < 1.29 is 63.0 Å². The lowest BCUT2D eigenvalue weighted by Gasteiger charge is -2.41. The Hall–Kier alpha value is -5.86. The van der Waals surface area contributed by atoms with Gasteiger partial charge in [-0.1, -0.05) is 95.2 Å². The number of aliphatic hydroxyl groups is 2. The van der Waals surface area contributed by atoms with Crippen LogP contribution in [0.15, 0.2) is 12.2 Å². The van der Waals surface area contributed by atoms with Crippen molar-refractivity contribution in [2.75, 3.05) is 75.7 Å². The summed E-state index contributed by atoms with van der Waals surface area (Å²) in [5.74, 6) is -10.1. The Bertz CT molecular complexity index is 2520. The van der Waals surface area contributed by atoms with Crippen molar-refractivity contribution in [3.8, 4) is 0 Å². The van der Waals surface area contributed by atoms with Crippen molar-refractivity contribution in [1.29, 1.82) is 0 Å². The summed E-state index contributed by atoms with van der Waals surface area (Å²) in [4.78, 5) is 174. The zero-order valence-electron chi connectivity index (χ0n) is 60.6. The van der Waals surface area contributed by atoms with Gasteiger partial charge >= 0.3 is 0 Å². The van der Waals surface area contributed by atoms with Crippen LogP contribution in [-0.4, -0.2) is 268 Å². The molecule has 0 bridgehead atoms. The van der Waals surface area contributed by atoms with Gasteiger partial charge in [0.15, 0.2) is 5.37 Å². The van der Waals surface area contributed by atoms with Gasteiger partial charge in [0.05, 0.1) is 11.7 Å². The second-order valence-electron chi connectivity index (χ2n) is 28.2. The van der Waals surface area contributed by atoms with Gasteiger partial charge in [-0.25, -0.2) is 0 Å². The average molecular weight is 1320 g/mol. The third-order valence-corrected chi connectivity index (χ3v) is 18.3. The summed E-state index contributed by atoms with van der Waals surface area (Å²) < 4.78 is 0. The van der Waals surface area contributed by atoms with Crippen LogP contribution in [0.1, 0.15) is 156 Å². The van der Waals surface area contributed by atoms with E-state index in [0.717, 1.165) is 26.5 Å². The predicted octanol–water partition coefficient (Wildman–Crippen LogP) is 3.00. The van der Waals surface area contributed by atoms with Gasteiger partial charge in [-0.3, -0.25) is 52.7 Å². The van der Waals surface area contributed by atoms with Crippen molar-refractivity contribution >= 4 is 76.7 Å². The highest BCUT2D eigenvalue weighted by Gasteiger charge is 2.47. The highest BCUT2D eigenvalue weighted by atomic mass is 32.2. The molecular weight excluding hydrogens is 1200 g/mol. The summed E-state index contributed by atoms with van der Waals surface area (Å²) in [6, 6.07) is -13.1. The molecule has 0 radical (unpaired) electrons. The van der Waals surface area contributed by atoms with Gasteiger partial charge in [0, 0.05) is 68.1 Å². The minimum atomic E-state index is -1.66. The van der Waals surface area contributed by atoms with Crippen LogP contribution >= 0.6 is 11.8 Å². The quantitative estimate of drug-likeness (QED) is 0.101. The number of carbonyl (C=O) groups excluding carboxylic acids is 11. The van der Waals surface area contributed by atoms with Gasteiger partial charge in [0.2, 0.25) is 59.1 Å². The van der Waals surface area contributed by atoms with E-state index in [1.165, 1.54) is 96.6 Å². The first kappa shape index (κ1) is 84.2. The fraction of sp³-hybridized carbons (Fsp3) is 0.803. The molecule has 1 heterocycles. The minimum Gasteiger partial charge on any atom is -0.390 e. The number of hydrogen-bond donors (Lipinski definition) is 6. The number of allylic oxidation sites excluding steroid dienone is 2. The van der Waals surface area contributed by atoms with E-state index in [9.17, 15) is 34.2 Å². The normalized spacial score (nSPS) is 26.8. The molecule has 0 aromatic rings. The number of rotatable bonds is 19. The molecule has 0 aromatic heterocycles. The number of nitrogens with zero attached hydrogens (tertiary/aromatic N) is 8. The molecule has 0 spiro atoms. The van der Waals surface area contributed by atoms with Crippen LogP contribution in [0.2, 0.25) is 0 Å². The second-order valence-corrected chi connectivity index (χ2v) is 29.4. The van der Waals surface area contributed by atoms with E-state index in [4.69, 9.17) is 0 Å². The summed E-state index contributed by atoms with van der Waals surface area (Å²) in [7, 11) is 13.5. The fourth-order valence-corrected chi connectivity index (χ4v) is 12.6. The van der Waals surface area contributed by atoms with Crippen LogP contribution in [0.25, 0.3) is 0 Å². The van der Waals surface area contributed by atoms with Crippen LogP contribution in [0.4, 0.5) is 0 Å². The van der Waals surface area contributed by atoms with E-state index < -0.39 is 160 Å². The first-order valence-corrected chi connectivity index (χ1v) is 33.7. The Morgan fingerprint density at radius 1 is 0.522 bits per heavy atom. The highest BCUT2D eigenvalue weighted by Crippen LogP contribution is 2.28. The molecule has 528 valence electrons. The van der Waals surface area contributed by atoms with Gasteiger partial charge in [-0.05, 0) is 116 Å². The Balaban J connectivity index is 4.55. The first-order chi connectivity index (χ1) is 42.3. The zero-order chi connectivity index (χ0) is 71.5. The minimum absolute atomic E-state index is 0.0323. The Kier molecular flexibility index (Phi) is 34.7. The van der Waals surface area contributed by atoms with Gasteiger partial charge in [0.1, 0.15) is 60.4 Å². The van der Waals surface area contributed by atoms with Gasteiger partial charge in [0.25, 0.3) is 5.91 Å². The number of aliphatic hydroxyl groups excluding tert-OH is 1. The summed E-state index contributed by atoms with van der Waals surface area (Å²) in [6.07, 6.45) is 2.34. The van der Waals surface area contributed by atoms with E-state index in [1.54, 1.807) is 60.6 Å². The molecular formula is C66H120N12O13S. The molecule has 13 atom stereocenters. The molecule has 0 saturated carbocycles. The summed E-state index contributed by atoms with van der Waals surface area (Å²) in [5.41, 5.74) is -1.58. The van der Waals surface area contributed by atoms with Crippen molar-refractivity contribution in [2.24, 2.45) is 35.5 Å². The lowest BCUT2D eigenvalue weighted by Crippen LogP contribution is -2.64. The molecule has 26 heteroatoms. The fourth-order valence-electron chi connectivity index (χ4n) is 11.2. The molecule has 1 rings (SSSR count). The van der Waals surface area contributed by atoms with Crippen molar-refractivity contribution in [2.45, 2.75) is 234 Å². The molecule has 0 unspecified atom stereocenters. The summed E-state index contributed by atoms with van der Waals surface area (Å²) in [6.45, 7) is 29.3. The first-order valence-electron chi connectivity index (χ1n) is 32.7. The molecule has 1 aliphatic rings. The van der Waals surface area contributed by atoms with Crippen molar-refractivity contribution in [3.05, 3.63) is 12.2 Å². The van der Waals surface area contributed by atoms with E-state index in [2.05, 4.69) is 21.3 Å².